The number of aryl methyl sites for hydroxylation is 1. The lowest BCUT2D eigenvalue weighted by atomic mass is 10.0. The Kier molecular flexibility index (Phi) is 4.52. The van der Waals surface area contributed by atoms with E-state index in [-0.39, 0.29) is 0 Å². The molecule has 0 spiro atoms. The summed E-state index contributed by atoms with van der Waals surface area (Å²) in [5, 5.41) is 6.62. The largest absolute Gasteiger partial charge is 0.368 e. The zero-order chi connectivity index (χ0) is 19.6. The maximum atomic E-state index is 4.65. The highest BCUT2D eigenvalue weighted by molar-refractivity contribution is 6.00. The van der Waals surface area contributed by atoms with Crippen molar-refractivity contribution in [2.24, 2.45) is 9.98 Å². The van der Waals surface area contributed by atoms with Gasteiger partial charge in [0.05, 0.1) is 24.5 Å². The SMILES string of the molecule is Cc1nc(-c2ccc(C3=NCCN3)cc2)cc(-c2ccc(C3=NCCN3)cc2)n1. The van der Waals surface area contributed by atoms with E-state index in [0.717, 1.165) is 77.3 Å². The molecule has 2 aliphatic rings. The average molecular weight is 382 g/mol. The molecule has 2 N–H and O–H groups in total. The molecular weight excluding hydrogens is 360 g/mol. The lowest BCUT2D eigenvalue weighted by Crippen LogP contribution is -2.19. The van der Waals surface area contributed by atoms with Crippen molar-refractivity contribution < 1.29 is 0 Å². The first-order chi connectivity index (χ1) is 14.3. The molecule has 0 bridgehead atoms. The number of hydrogen-bond donors (Lipinski definition) is 2. The second-order valence-electron chi connectivity index (χ2n) is 7.15. The molecule has 3 aromatic rings. The number of nitrogens with one attached hydrogen (secondary N) is 2. The van der Waals surface area contributed by atoms with Crippen molar-refractivity contribution in [1.29, 1.82) is 0 Å². The van der Waals surface area contributed by atoms with Crippen molar-refractivity contribution in [2.45, 2.75) is 6.92 Å². The predicted octanol–water partition coefficient (Wildman–Crippen LogP) is 2.82. The smallest absolute Gasteiger partial charge is 0.128 e. The van der Waals surface area contributed by atoms with Gasteiger partial charge >= 0.3 is 0 Å². The van der Waals surface area contributed by atoms with Crippen LogP contribution in [0.3, 0.4) is 0 Å². The summed E-state index contributed by atoms with van der Waals surface area (Å²) in [6.45, 7) is 5.44. The molecule has 1 aromatic heterocycles. The van der Waals surface area contributed by atoms with Gasteiger partial charge in [-0.3, -0.25) is 9.98 Å². The van der Waals surface area contributed by atoms with Gasteiger partial charge in [-0.25, -0.2) is 9.97 Å². The Labute approximate surface area is 169 Å². The molecule has 0 amide bonds. The molecule has 0 aliphatic carbocycles. The zero-order valence-corrected chi connectivity index (χ0v) is 16.3. The molecule has 2 aliphatic heterocycles. The minimum atomic E-state index is 0.759. The molecule has 3 heterocycles. The number of rotatable bonds is 4. The summed E-state index contributed by atoms with van der Waals surface area (Å²) in [6, 6.07) is 18.8. The van der Waals surface area contributed by atoms with Crippen LogP contribution >= 0.6 is 0 Å². The summed E-state index contributed by atoms with van der Waals surface area (Å²) < 4.78 is 0. The van der Waals surface area contributed by atoms with Crippen LogP contribution in [0.25, 0.3) is 22.5 Å². The first-order valence-electron chi connectivity index (χ1n) is 9.90. The molecule has 0 fully saturated rings. The molecule has 0 unspecified atom stereocenters. The molecule has 0 saturated carbocycles. The maximum absolute atomic E-state index is 4.65. The number of nitrogens with zero attached hydrogens (tertiary/aromatic N) is 4. The van der Waals surface area contributed by atoms with Crippen LogP contribution in [0.4, 0.5) is 0 Å². The summed E-state index contributed by atoms with van der Waals surface area (Å²) in [5.41, 5.74) is 6.20. The molecule has 0 radical (unpaired) electrons. The van der Waals surface area contributed by atoms with Gasteiger partial charge in [-0.2, -0.15) is 0 Å². The Hall–Kier alpha value is -3.54. The van der Waals surface area contributed by atoms with Gasteiger partial charge in [-0.1, -0.05) is 48.5 Å². The lowest BCUT2D eigenvalue weighted by Gasteiger charge is -2.09. The van der Waals surface area contributed by atoms with Crippen molar-refractivity contribution in [3.63, 3.8) is 0 Å². The zero-order valence-electron chi connectivity index (χ0n) is 16.3. The van der Waals surface area contributed by atoms with Crippen LogP contribution < -0.4 is 10.6 Å². The fourth-order valence-electron chi connectivity index (χ4n) is 3.64. The van der Waals surface area contributed by atoms with Crippen LogP contribution in [0.2, 0.25) is 0 Å². The summed E-state index contributed by atoms with van der Waals surface area (Å²) in [5.74, 6) is 2.70. The first-order valence-corrected chi connectivity index (χ1v) is 9.90. The quantitative estimate of drug-likeness (QED) is 0.728. The second-order valence-corrected chi connectivity index (χ2v) is 7.15. The summed E-state index contributed by atoms with van der Waals surface area (Å²) in [7, 11) is 0. The minimum absolute atomic E-state index is 0.759. The Morgan fingerprint density at radius 2 is 1.03 bits per heavy atom. The molecule has 0 atom stereocenters. The highest BCUT2D eigenvalue weighted by Gasteiger charge is 2.11. The van der Waals surface area contributed by atoms with Gasteiger partial charge in [0.1, 0.15) is 17.5 Å². The monoisotopic (exact) mass is 382 g/mol. The lowest BCUT2D eigenvalue weighted by molar-refractivity contribution is 0.960. The Morgan fingerprint density at radius 3 is 1.41 bits per heavy atom. The van der Waals surface area contributed by atoms with Crippen LogP contribution in [-0.2, 0) is 0 Å². The maximum Gasteiger partial charge on any atom is 0.128 e. The van der Waals surface area contributed by atoms with E-state index in [1.807, 2.05) is 13.0 Å². The van der Waals surface area contributed by atoms with Gasteiger partial charge in [0, 0.05) is 35.3 Å². The van der Waals surface area contributed by atoms with Crippen molar-refractivity contribution >= 4 is 11.7 Å². The first kappa shape index (κ1) is 17.6. The Morgan fingerprint density at radius 1 is 0.621 bits per heavy atom. The predicted molar refractivity (Wildman–Crippen MR) is 116 cm³/mol. The third-order valence-corrected chi connectivity index (χ3v) is 5.09. The van der Waals surface area contributed by atoms with E-state index in [0.29, 0.717) is 0 Å². The third-order valence-electron chi connectivity index (χ3n) is 5.09. The van der Waals surface area contributed by atoms with Gasteiger partial charge in [0.25, 0.3) is 0 Å². The fourth-order valence-corrected chi connectivity index (χ4v) is 3.64. The van der Waals surface area contributed by atoms with Crippen LogP contribution in [0, 0.1) is 6.92 Å². The van der Waals surface area contributed by atoms with Gasteiger partial charge < -0.3 is 10.6 Å². The molecular formula is C23H22N6. The van der Waals surface area contributed by atoms with E-state index in [4.69, 9.17) is 0 Å². The third kappa shape index (κ3) is 3.61. The highest BCUT2D eigenvalue weighted by Crippen LogP contribution is 2.25. The molecule has 5 rings (SSSR count). The summed E-state index contributed by atoms with van der Waals surface area (Å²) >= 11 is 0. The normalized spacial score (nSPS) is 15.5. The van der Waals surface area contributed by atoms with Crippen LogP contribution in [0.5, 0.6) is 0 Å². The van der Waals surface area contributed by atoms with E-state index in [9.17, 15) is 0 Å². The van der Waals surface area contributed by atoms with Crippen LogP contribution in [-0.4, -0.2) is 47.8 Å². The fraction of sp³-hybridized carbons (Fsp3) is 0.217. The molecule has 29 heavy (non-hydrogen) atoms. The number of aromatic nitrogens is 2. The van der Waals surface area contributed by atoms with Gasteiger partial charge in [0.2, 0.25) is 0 Å². The molecule has 2 aromatic carbocycles. The van der Waals surface area contributed by atoms with Gasteiger partial charge in [-0.15, -0.1) is 0 Å². The second kappa shape index (κ2) is 7.47. The van der Waals surface area contributed by atoms with E-state index < -0.39 is 0 Å². The van der Waals surface area contributed by atoms with E-state index in [1.165, 1.54) is 0 Å². The van der Waals surface area contributed by atoms with Crippen LogP contribution in [0.1, 0.15) is 17.0 Å². The van der Waals surface area contributed by atoms with E-state index >= 15 is 0 Å². The Balaban J connectivity index is 1.44. The number of hydrogen-bond acceptors (Lipinski definition) is 6. The molecule has 0 saturated heterocycles. The van der Waals surface area contributed by atoms with E-state index in [2.05, 4.69) is 79.1 Å². The molecule has 6 heteroatoms. The number of benzene rings is 2. The Bertz CT molecular complexity index is 1010. The number of amidine groups is 2. The highest BCUT2D eigenvalue weighted by atomic mass is 15.1. The standard InChI is InChI=1S/C23H22N6/c1-15-28-20(16-2-6-18(7-3-16)22-24-10-11-25-22)14-21(29-15)17-4-8-19(9-5-17)23-26-12-13-27-23/h2-9,14H,10-13H2,1H3,(H,24,25)(H,26,27). The summed E-state index contributed by atoms with van der Waals surface area (Å²) in [4.78, 5) is 18.3. The van der Waals surface area contributed by atoms with Crippen molar-refractivity contribution in [3.05, 3.63) is 71.5 Å². The topological polar surface area (TPSA) is 74.6 Å². The average Bonchev–Trinajstić information content (AvgIpc) is 3.48. The van der Waals surface area contributed by atoms with Crippen molar-refractivity contribution in [2.75, 3.05) is 26.2 Å². The summed E-state index contributed by atoms with van der Waals surface area (Å²) in [6.07, 6.45) is 0. The molecule has 144 valence electrons. The van der Waals surface area contributed by atoms with Gasteiger partial charge in [-0.05, 0) is 13.0 Å². The van der Waals surface area contributed by atoms with Crippen LogP contribution in [0.15, 0.2) is 64.6 Å². The van der Waals surface area contributed by atoms with E-state index in [1.54, 1.807) is 0 Å². The number of aliphatic imine (C=N–C) groups is 2. The van der Waals surface area contributed by atoms with Gasteiger partial charge in [0.15, 0.2) is 0 Å². The molecule has 6 nitrogen and oxygen atoms in total. The minimum Gasteiger partial charge on any atom is -0.368 e. The van der Waals surface area contributed by atoms with Crippen molar-refractivity contribution in [3.8, 4) is 22.5 Å². The van der Waals surface area contributed by atoms with Crippen molar-refractivity contribution in [1.82, 2.24) is 20.6 Å².